The minimum Gasteiger partial charge on any atom is -0.494 e. The first-order chi connectivity index (χ1) is 13.2. The van der Waals surface area contributed by atoms with Crippen LogP contribution < -0.4 is 15.4 Å². The fourth-order valence-corrected chi connectivity index (χ4v) is 2.59. The van der Waals surface area contributed by atoms with Crippen molar-refractivity contribution in [3.05, 3.63) is 72.2 Å². The Balaban J connectivity index is 1.65. The van der Waals surface area contributed by atoms with Gasteiger partial charge in [-0.15, -0.1) is 0 Å². The van der Waals surface area contributed by atoms with E-state index in [-0.39, 0.29) is 11.6 Å². The second-order valence-electron chi connectivity index (χ2n) is 5.83. The molecule has 0 fully saturated rings. The molecule has 27 heavy (non-hydrogen) atoms. The van der Waals surface area contributed by atoms with Crippen LogP contribution >= 0.6 is 0 Å². The number of carbonyl (C=O) groups excluding carboxylic acids is 1. The molecule has 1 aromatic heterocycles. The first-order valence-electron chi connectivity index (χ1n) is 8.90. The van der Waals surface area contributed by atoms with Gasteiger partial charge in [0.25, 0.3) is 5.91 Å². The Morgan fingerprint density at radius 1 is 1.00 bits per heavy atom. The van der Waals surface area contributed by atoms with Crippen molar-refractivity contribution >= 4 is 23.1 Å². The number of aromatic nitrogens is 2. The highest BCUT2D eigenvalue weighted by molar-refractivity contribution is 6.02. The Morgan fingerprint density at radius 2 is 1.78 bits per heavy atom. The van der Waals surface area contributed by atoms with Gasteiger partial charge in [0.2, 0.25) is 0 Å². The van der Waals surface area contributed by atoms with Crippen molar-refractivity contribution in [1.82, 2.24) is 9.97 Å². The first-order valence-corrected chi connectivity index (χ1v) is 8.90. The van der Waals surface area contributed by atoms with Gasteiger partial charge < -0.3 is 15.4 Å². The highest BCUT2D eigenvalue weighted by Gasteiger charge is 2.09. The molecule has 138 valence electrons. The van der Waals surface area contributed by atoms with Gasteiger partial charge in [0.05, 0.1) is 19.0 Å². The molecular formula is C21H22N4O2. The summed E-state index contributed by atoms with van der Waals surface area (Å²) < 4.78 is 5.39. The second kappa shape index (κ2) is 8.80. The molecule has 2 aromatic carbocycles. The molecule has 0 unspecified atom stereocenters. The third-order valence-electron chi connectivity index (χ3n) is 3.97. The van der Waals surface area contributed by atoms with Crippen molar-refractivity contribution in [2.75, 3.05) is 17.2 Å². The number of hydrogen-bond donors (Lipinski definition) is 2. The maximum Gasteiger partial charge on any atom is 0.275 e. The molecule has 1 heterocycles. The molecular weight excluding hydrogens is 340 g/mol. The molecule has 0 spiro atoms. The summed E-state index contributed by atoms with van der Waals surface area (Å²) >= 11 is 0. The van der Waals surface area contributed by atoms with Gasteiger partial charge in [-0.25, -0.2) is 9.97 Å². The molecule has 1 amide bonds. The zero-order chi connectivity index (χ0) is 19.1. The van der Waals surface area contributed by atoms with Gasteiger partial charge in [0.1, 0.15) is 17.3 Å². The quantitative estimate of drug-likeness (QED) is 0.650. The van der Waals surface area contributed by atoms with Gasteiger partial charge in [0, 0.05) is 11.4 Å². The Labute approximate surface area is 158 Å². The minimum atomic E-state index is -0.313. The fraction of sp³-hybridized carbons (Fsp3) is 0.190. The molecule has 0 radical (unpaired) electrons. The minimum absolute atomic E-state index is 0.248. The van der Waals surface area contributed by atoms with Crippen LogP contribution in [0, 0.1) is 0 Å². The Hall–Kier alpha value is -3.41. The number of rotatable bonds is 7. The summed E-state index contributed by atoms with van der Waals surface area (Å²) in [4.78, 5) is 20.8. The van der Waals surface area contributed by atoms with E-state index >= 15 is 0 Å². The van der Waals surface area contributed by atoms with Crippen LogP contribution in [0.3, 0.4) is 0 Å². The lowest BCUT2D eigenvalue weighted by Crippen LogP contribution is -2.14. The van der Waals surface area contributed by atoms with Gasteiger partial charge in [0.15, 0.2) is 0 Å². The molecule has 0 aliphatic carbocycles. The van der Waals surface area contributed by atoms with Crippen LogP contribution in [0.5, 0.6) is 5.75 Å². The van der Waals surface area contributed by atoms with Crippen LogP contribution in [-0.4, -0.2) is 22.5 Å². The third kappa shape index (κ3) is 4.82. The maximum atomic E-state index is 12.3. The Bertz CT molecular complexity index is 893. The number of nitrogens with zero attached hydrogens (tertiary/aromatic N) is 2. The standard InChI is InChI=1S/C21H22N4O2/c1-3-15-7-5-6-8-18(15)25-20-14-22-19(13-23-20)21(26)24-16-9-11-17(12-10-16)27-4-2/h5-14H,3-4H2,1-2H3,(H,23,25)(H,24,26). The number of aryl methyl sites for hydroxylation is 1. The topological polar surface area (TPSA) is 76.1 Å². The lowest BCUT2D eigenvalue weighted by atomic mass is 10.1. The van der Waals surface area contributed by atoms with E-state index in [1.165, 1.54) is 11.8 Å². The van der Waals surface area contributed by atoms with Crippen molar-refractivity contribution < 1.29 is 9.53 Å². The molecule has 3 aromatic rings. The van der Waals surface area contributed by atoms with Gasteiger partial charge in [-0.05, 0) is 49.2 Å². The summed E-state index contributed by atoms with van der Waals surface area (Å²) in [5.41, 5.74) is 3.10. The van der Waals surface area contributed by atoms with Crippen molar-refractivity contribution in [2.45, 2.75) is 20.3 Å². The zero-order valence-electron chi connectivity index (χ0n) is 15.4. The van der Waals surface area contributed by atoms with Crippen molar-refractivity contribution in [3.8, 4) is 5.75 Å². The predicted octanol–water partition coefficient (Wildman–Crippen LogP) is 4.43. The molecule has 0 aliphatic heterocycles. The van der Waals surface area contributed by atoms with Gasteiger partial charge >= 0.3 is 0 Å². The van der Waals surface area contributed by atoms with Crippen LogP contribution in [0.2, 0.25) is 0 Å². The molecule has 2 N–H and O–H groups in total. The summed E-state index contributed by atoms with van der Waals surface area (Å²) in [6.07, 6.45) is 3.93. The summed E-state index contributed by atoms with van der Waals surface area (Å²) in [5.74, 6) is 1.04. The van der Waals surface area contributed by atoms with E-state index in [1.54, 1.807) is 18.3 Å². The van der Waals surface area contributed by atoms with Crippen LogP contribution in [-0.2, 0) is 6.42 Å². The third-order valence-corrected chi connectivity index (χ3v) is 3.97. The molecule has 6 nitrogen and oxygen atoms in total. The number of amides is 1. The average molecular weight is 362 g/mol. The van der Waals surface area contributed by atoms with E-state index in [0.29, 0.717) is 18.1 Å². The maximum absolute atomic E-state index is 12.3. The SMILES string of the molecule is CCOc1ccc(NC(=O)c2cnc(Nc3ccccc3CC)cn2)cc1. The van der Waals surface area contributed by atoms with E-state index in [1.807, 2.05) is 37.3 Å². The monoisotopic (exact) mass is 362 g/mol. The fourth-order valence-electron chi connectivity index (χ4n) is 2.59. The number of benzene rings is 2. The van der Waals surface area contributed by atoms with Gasteiger partial charge in [-0.1, -0.05) is 25.1 Å². The molecule has 6 heteroatoms. The number of para-hydroxylation sites is 1. The summed E-state index contributed by atoms with van der Waals surface area (Å²) in [5, 5.41) is 6.04. The first kappa shape index (κ1) is 18.4. The molecule has 0 saturated heterocycles. The van der Waals surface area contributed by atoms with Crippen molar-refractivity contribution in [3.63, 3.8) is 0 Å². The molecule has 0 aliphatic rings. The number of hydrogen-bond acceptors (Lipinski definition) is 5. The van der Waals surface area contributed by atoms with Crippen LogP contribution in [0.1, 0.15) is 29.9 Å². The lowest BCUT2D eigenvalue weighted by molar-refractivity contribution is 0.102. The van der Waals surface area contributed by atoms with E-state index in [4.69, 9.17) is 4.74 Å². The van der Waals surface area contributed by atoms with Gasteiger partial charge in [-0.3, -0.25) is 4.79 Å². The molecule has 3 rings (SSSR count). The van der Waals surface area contributed by atoms with E-state index < -0.39 is 0 Å². The largest absolute Gasteiger partial charge is 0.494 e. The molecule has 0 bridgehead atoms. The van der Waals surface area contributed by atoms with Crippen LogP contribution in [0.25, 0.3) is 0 Å². The summed E-state index contributed by atoms with van der Waals surface area (Å²) in [6, 6.07) is 15.2. The summed E-state index contributed by atoms with van der Waals surface area (Å²) in [6.45, 7) is 4.62. The highest BCUT2D eigenvalue weighted by atomic mass is 16.5. The van der Waals surface area contributed by atoms with E-state index in [0.717, 1.165) is 17.9 Å². The van der Waals surface area contributed by atoms with Crippen LogP contribution in [0.4, 0.5) is 17.2 Å². The zero-order valence-corrected chi connectivity index (χ0v) is 15.4. The Morgan fingerprint density at radius 3 is 2.44 bits per heavy atom. The number of ether oxygens (including phenoxy) is 1. The average Bonchev–Trinajstić information content (AvgIpc) is 2.70. The number of carbonyl (C=O) groups is 1. The van der Waals surface area contributed by atoms with Crippen molar-refractivity contribution in [1.29, 1.82) is 0 Å². The van der Waals surface area contributed by atoms with E-state index in [2.05, 4.69) is 33.6 Å². The summed E-state index contributed by atoms with van der Waals surface area (Å²) in [7, 11) is 0. The van der Waals surface area contributed by atoms with Crippen LogP contribution in [0.15, 0.2) is 60.9 Å². The molecule has 0 saturated carbocycles. The van der Waals surface area contributed by atoms with Crippen molar-refractivity contribution in [2.24, 2.45) is 0 Å². The second-order valence-corrected chi connectivity index (χ2v) is 5.83. The lowest BCUT2D eigenvalue weighted by Gasteiger charge is -2.10. The van der Waals surface area contributed by atoms with E-state index in [9.17, 15) is 4.79 Å². The number of nitrogens with one attached hydrogen (secondary N) is 2. The molecule has 0 atom stereocenters. The highest BCUT2D eigenvalue weighted by Crippen LogP contribution is 2.20. The smallest absolute Gasteiger partial charge is 0.275 e. The Kier molecular flexibility index (Phi) is 5.99. The predicted molar refractivity (Wildman–Crippen MR) is 107 cm³/mol. The number of anilines is 3. The van der Waals surface area contributed by atoms with Gasteiger partial charge in [-0.2, -0.15) is 0 Å². The normalized spacial score (nSPS) is 10.3.